The van der Waals surface area contributed by atoms with E-state index in [0.717, 1.165) is 12.6 Å². The number of halogens is 3. The van der Waals surface area contributed by atoms with Crippen LogP contribution in [0.15, 0.2) is 42.7 Å². The predicted octanol–water partition coefficient (Wildman–Crippen LogP) is 7.13. The third kappa shape index (κ3) is 6.01. The first kappa shape index (κ1) is 27.0. The maximum Gasteiger partial charge on any atom is 0.431 e. The monoisotopic (exact) mass is 414 g/mol. The van der Waals surface area contributed by atoms with Gasteiger partial charge in [0.25, 0.3) is 0 Å². The van der Waals surface area contributed by atoms with Crippen LogP contribution in [0.2, 0.25) is 0 Å². The first-order valence-electron chi connectivity index (χ1n) is 10.5. The van der Waals surface area contributed by atoms with E-state index in [0.29, 0.717) is 36.5 Å². The Morgan fingerprint density at radius 1 is 1.17 bits per heavy atom. The van der Waals surface area contributed by atoms with Crippen LogP contribution in [-0.4, -0.2) is 17.7 Å². The fourth-order valence-corrected chi connectivity index (χ4v) is 3.27. The van der Waals surface area contributed by atoms with Gasteiger partial charge in [-0.1, -0.05) is 60.3 Å². The van der Waals surface area contributed by atoms with Crippen LogP contribution in [0.3, 0.4) is 0 Å². The Hall–Kier alpha value is -1.95. The van der Waals surface area contributed by atoms with Crippen LogP contribution in [0, 0.1) is 0 Å². The molecule has 0 saturated heterocycles. The van der Waals surface area contributed by atoms with Crippen LogP contribution in [0.5, 0.6) is 0 Å². The quantitative estimate of drug-likeness (QED) is 0.501. The summed E-state index contributed by atoms with van der Waals surface area (Å²) >= 11 is 0. The van der Waals surface area contributed by atoms with Crippen molar-refractivity contribution in [2.75, 3.05) is 13.1 Å². The Labute approximate surface area is 174 Å². The Morgan fingerprint density at radius 3 is 2.24 bits per heavy atom. The number of hydrogen-bond acceptors (Lipinski definition) is 2. The van der Waals surface area contributed by atoms with Crippen molar-refractivity contribution in [3.63, 3.8) is 0 Å². The largest absolute Gasteiger partial charge is 0.479 e. The highest BCUT2D eigenvalue weighted by molar-refractivity contribution is 5.67. The molecule has 1 N–H and O–H groups in total. The van der Waals surface area contributed by atoms with Crippen LogP contribution in [0.25, 0.3) is 5.70 Å². The van der Waals surface area contributed by atoms with Gasteiger partial charge in [0.1, 0.15) is 11.5 Å². The molecule has 0 amide bonds. The highest BCUT2D eigenvalue weighted by Crippen LogP contribution is 2.47. The summed E-state index contributed by atoms with van der Waals surface area (Å²) in [5.74, 6) is 0.407. The molecule has 0 saturated carbocycles. The average molecular weight is 415 g/mol. The second kappa shape index (κ2) is 12.6. The fourth-order valence-electron chi connectivity index (χ4n) is 3.27. The van der Waals surface area contributed by atoms with E-state index in [1.165, 1.54) is 16.7 Å². The third-order valence-electron chi connectivity index (χ3n) is 4.51. The maximum absolute atomic E-state index is 13.6. The lowest BCUT2D eigenvalue weighted by Gasteiger charge is -2.41. The Kier molecular flexibility index (Phi) is 11.7. The zero-order valence-corrected chi connectivity index (χ0v) is 18.9. The van der Waals surface area contributed by atoms with E-state index in [9.17, 15) is 13.2 Å². The predicted molar refractivity (Wildman–Crippen MR) is 117 cm³/mol. The smallest absolute Gasteiger partial charge is 0.431 e. The summed E-state index contributed by atoms with van der Waals surface area (Å²) in [6, 6.07) is 2.67. The molecule has 0 aromatic carbocycles. The van der Waals surface area contributed by atoms with E-state index < -0.39 is 17.5 Å². The number of nitrogens with zero attached hydrogens (tertiary/aromatic N) is 1. The summed E-state index contributed by atoms with van der Waals surface area (Å²) < 4.78 is 48.2. The van der Waals surface area contributed by atoms with Gasteiger partial charge in [-0.15, -0.1) is 0 Å². The molecule has 1 atom stereocenters. The molecule has 2 heterocycles. The van der Waals surface area contributed by atoms with Crippen molar-refractivity contribution < 1.29 is 17.9 Å². The molecule has 1 aromatic rings. The van der Waals surface area contributed by atoms with E-state index in [1.54, 1.807) is 19.1 Å². The van der Waals surface area contributed by atoms with E-state index >= 15 is 0 Å². The summed E-state index contributed by atoms with van der Waals surface area (Å²) in [5.41, 5.74) is -0.572. The molecule has 3 nitrogen and oxygen atoms in total. The number of rotatable bonds is 6. The lowest BCUT2D eigenvalue weighted by molar-refractivity contribution is -0.143. The first-order chi connectivity index (χ1) is 13.8. The summed E-state index contributed by atoms with van der Waals surface area (Å²) in [6.45, 7) is 18.7. The number of hydrogen-bond donors (Lipinski definition) is 1. The van der Waals surface area contributed by atoms with Crippen molar-refractivity contribution in [1.29, 1.82) is 0 Å². The molecule has 1 aliphatic heterocycles. The van der Waals surface area contributed by atoms with Gasteiger partial charge in [0.15, 0.2) is 5.60 Å². The topological polar surface area (TPSA) is 26.2 Å². The van der Waals surface area contributed by atoms with Crippen LogP contribution in [0.1, 0.15) is 72.7 Å². The minimum absolute atomic E-state index is 0.389. The molecule has 2 rings (SSSR count). The number of nitrogens with one attached hydrogen (secondary N) is 1. The maximum atomic E-state index is 13.6. The number of aromatic nitrogens is 1. The molecular weight excluding hydrogens is 377 g/mol. The van der Waals surface area contributed by atoms with Crippen LogP contribution in [-0.2, 0) is 16.5 Å². The molecule has 0 aliphatic carbocycles. The third-order valence-corrected chi connectivity index (χ3v) is 4.51. The Morgan fingerprint density at radius 2 is 1.79 bits per heavy atom. The van der Waals surface area contributed by atoms with Crippen molar-refractivity contribution in [1.82, 2.24) is 9.88 Å². The number of allylic oxidation sites excluding steroid dienone is 4. The van der Waals surface area contributed by atoms with E-state index in [4.69, 9.17) is 4.74 Å². The minimum Gasteiger partial charge on any atom is -0.479 e. The number of ether oxygens (including phenoxy) is 1. The highest BCUT2D eigenvalue weighted by Gasteiger charge is 2.45. The van der Waals surface area contributed by atoms with Crippen molar-refractivity contribution in [3.8, 4) is 0 Å². The molecule has 0 radical (unpaired) electrons. The van der Waals surface area contributed by atoms with Gasteiger partial charge in [0.05, 0.1) is 11.4 Å². The molecule has 0 bridgehead atoms. The van der Waals surface area contributed by atoms with E-state index in [2.05, 4.69) is 11.9 Å². The van der Waals surface area contributed by atoms with Gasteiger partial charge in [-0.05, 0) is 44.6 Å². The van der Waals surface area contributed by atoms with Crippen molar-refractivity contribution >= 4 is 5.70 Å². The van der Waals surface area contributed by atoms with Gasteiger partial charge in [0.2, 0.25) is 0 Å². The Bertz CT molecular complexity index is 687. The lowest BCUT2D eigenvalue weighted by Crippen LogP contribution is -2.39. The summed E-state index contributed by atoms with van der Waals surface area (Å²) in [4.78, 5) is 0. The summed E-state index contributed by atoms with van der Waals surface area (Å²) in [6.07, 6.45) is 1.49. The molecule has 1 aromatic heterocycles. The van der Waals surface area contributed by atoms with Crippen molar-refractivity contribution in [3.05, 3.63) is 54.1 Å². The summed E-state index contributed by atoms with van der Waals surface area (Å²) in [7, 11) is 0. The van der Waals surface area contributed by atoms with Gasteiger partial charge < -0.3 is 14.6 Å². The van der Waals surface area contributed by atoms with Gasteiger partial charge >= 0.3 is 6.18 Å². The lowest BCUT2D eigenvalue weighted by atomic mass is 9.90. The molecule has 29 heavy (non-hydrogen) atoms. The molecule has 1 unspecified atom stereocenters. The van der Waals surface area contributed by atoms with E-state index in [1.807, 2.05) is 41.5 Å². The zero-order chi connectivity index (χ0) is 22.7. The van der Waals surface area contributed by atoms with Gasteiger partial charge in [-0.25, -0.2) is 0 Å². The molecule has 166 valence electrons. The second-order valence-electron chi connectivity index (χ2n) is 5.93. The standard InChI is InChI=1S/C19H25F3N2O.2C2H6/c1-5-9-15-14(6-2)24-16(10-11-17(24)19(20,21)22)18(7-3,25-15)12-13-23-8-4;2*1-2/h5-6,9-11,23H,1,7-8,12-13H2,2-4H3;2*1-2H3/b14-6+,15-9+;;. The minimum atomic E-state index is -4.44. The fraction of sp³-hybridized carbons (Fsp3) is 0.565. The first-order valence-corrected chi connectivity index (χ1v) is 10.5. The van der Waals surface area contributed by atoms with Crippen molar-refractivity contribution in [2.24, 2.45) is 0 Å². The second-order valence-corrected chi connectivity index (χ2v) is 5.93. The normalized spacial score (nSPS) is 20.8. The zero-order valence-electron chi connectivity index (χ0n) is 18.9. The average Bonchev–Trinajstić information content (AvgIpc) is 3.18. The SMILES string of the molecule is C=C/C=C1/OC(CC)(CCNCC)c2ccc(C(F)(F)F)n2/C1=C/C.CC.CC. The van der Waals surface area contributed by atoms with Crippen LogP contribution in [0.4, 0.5) is 13.2 Å². The van der Waals surface area contributed by atoms with Gasteiger partial charge in [0, 0.05) is 6.42 Å². The van der Waals surface area contributed by atoms with Gasteiger partial charge in [-0.3, -0.25) is 0 Å². The Balaban J connectivity index is 0.00000184. The molecular formula is C23H37F3N2O. The molecule has 6 heteroatoms. The summed E-state index contributed by atoms with van der Waals surface area (Å²) in [5, 5.41) is 3.23. The van der Waals surface area contributed by atoms with Crippen LogP contribution >= 0.6 is 0 Å². The highest BCUT2D eigenvalue weighted by atomic mass is 19.4. The number of fused-ring (bicyclic) bond motifs is 1. The molecule has 1 aliphatic rings. The molecule has 0 fully saturated rings. The van der Waals surface area contributed by atoms with Crippen molar-refractivity contribution in [2.45, 2.75) is 73.1 Å². The number of alkyl halides is 3. The van der Waals surface area contributed by atoms with Crippen LogP contribution < -0.4 is 5.32 Å². The van der Waals surface area contributed by atoms with Gasteiger partial charge in [-0.2, -0.15) is 13.2 Å². The van der Waals surface area contributed by atoms with E-state index in [-0.39, 0.29) is 0 Å². The molecule has 0 spiro atoms.